The average Bonchev–Trinajstić information content (AvgIpc) is 2.72. The monoisotopic (exact) mass is 436 g/mol. The van der Waals surface area contributed by atoms with Crippen LogP contribution in [0.25, 0.3) is 22.0 Å². The molecule has 1 amide bonds. The van der Waals surface area contributed by atoms with Gasteiger partial charge in [-0.05, 0) is 63.1 Å². The third-order valence-electron chi connectivity index (χ3n) is 5.87. The summed E-state index contributed by atoms with van der Waals surface area (Å²) in [5, 5.41) is 1.71. The molecule has 160 valence electrons. The van der Waals surface area contributed by atoms with E-state index in [9.17, 15) is 4.79 Å². The smallest absolute Gasteiger partial charge is 0.410 e. The van der Waals surface area contributed by atoms with Gasteiger partial charge in [-0.1, -0.05) is 17.7 Å². The number of carbonyl (C=O) groups is 1. The zero-order valence-corrected chi connectivity index (χ0v) is 18.6. The molecule has 0 spiro atoms. The molecule has 3 aliphatic heterocycles. The number of rotatable bonds is 2. The van der Waals surface area contributed by atoms with Gasteiger partial charge in [-0.25, -0.2) is 9.78 Å². The van der Waals surface area contributed by atoms with Crippen LogP contribution in [0.15, 0.2) is 48.8 Å². The topological polar surface area (TPSA) is 58.6 Å². The number of anilines is 1. The van der Waals surface area contributed by atoms with Crippen LogP contribution in [-0.4, -0.2) is 51.7 Å². The van der Waals surface area contributed by atoms with Crippen molar-refractivity contribution in [3.63, 3.8) is 0 Å². The lowest BCUT2D eigenvalue weighted by molar-refractivity contribution is -0.0380. The Labute approximate surface area is 186 Å². The molecule has 3 aliphatic rings. The molecule has 3 saturated heterocycles. The van der Waals surface area contributed by atoms with Crippen molar-refractivity contribution >= 4 is 34.4 Å². The Morgan fingerprint density at radius 1 is 1.13 bits per heavy atom. The number of piperidine rings is 1. The minimum absolute atomic E-state index is 0.179. The highest BCUT2D eigenvalue weighted by Gasteiger charge is 2.49. The molecule has 3 fully saturated rings. The number of carbonyl (C=O) groups excluding carboxylic acids is 1. The summed E-state index contributed by atoms with van der Waals surface area (Å²) in [5.41, 5.74) is 2.42. The summed E-state index contributed by atoms with van der Waals surface area (Å²) >= 11 is 6.32. The molecule has 2 aromatic heterocycles. The predicted octanol–water partition coefficient (Wildman–Crippen LogP) is 5.15. The zero-order chi connectivity index (χ0) is 21.8. The summed E-state index contributed by atoms with van der Waals surface area (Å²) < 4.78 is 5.57. The van der Waals surface area contributed by atoms with Gasteiger partial charge >= 0.3 is 6.09 Å². The van der Waals surface area contributed by atoms with E-state index >= 15 is 0 Å². The lowest BCUT2D eigenvalue weighted by Crippen LogP contribution is -2.70. The summed E-state index contributed by atoms with van der Waals surface area (Å²) in [6.07, 6.45) is 4.47. The van der Waals surface area contributed by atoms with Gasteiger partial charge in [-0.15, -0.1) is 0 Å². The van der Waals surface area contributed by atoms with E-state index in [1.807, 2.05) is 62.2 Å². The quantitative estimate of drug-likeness (QED) is 0.556. The zero-order valence-electron chi connectivity index (χ0n) is 17.9. The molecule has 7 heteroatoms. The van der Waals surface area contributed by atoms with Crippen molar-refractivity contribution in [1.82, 2.24) is 14.9 Å². The van der Waals surface area contributed by atoms with Crippen molar-refractivity contribution in [2.45, 2.75) is 44.9 Å². The van der Waals surface area contributed by atoms with Crippen molar-refractivity contribution in [3.8, 4) is 11.1 Å². The molecule has 1 aromatic carbocycles. The van der Waals surface area contributed by atoms with E-state index in [1.54, 1.807) is 6.20 Å². The van der Waals surface area contributed by atoms with Crippen LogP contribution in [0.4, 0.5) is 10.6 Å². The number of benzene rings is 1. The summed E-state index contributed by atoms with van der Waals surface area (Å²) in [4.78, 5) is 25.8. The number of amides is 1. The van der Waals surface area contributed by atoms with Crippen LogP contribution in [0.2, 0.25) is 5.02 Å². The number of nitrogens with zero attached hydrogens (tertiary/aromatic N) is 4. The molecular weight excluding hydrogens is 412 g/mol. The number of ether oxygens (including phenoxy) is 1. The second kappa shape index (κ2) is 7.38. The maximum absolute atomic E-state index is 12.5. The van der Waals surface area contributed by atoms with Crippen molar-refractivity contribution in [3.05, 3.63) is 53.8 Å². The summed E-state index contributed by atoms with van der Waals surface area (Å²) in [6, 6.07) is 12.3. The molecule has 0 saturated carbocycles. The molecule has 2 atom stereocenters. The number of halogens is 1. The molecule has 6 rings (SSSR count). The fourth-order valence-corrected chi connectivity index (χ4v) is 4.74. The van der Waals surface area contributed by atoms with Crippen molar-refractivity contribution < 1.29 is 9.53 Å². The Morgan fingerprint density at radius 2 is 1.90 bits per heavy atom. The molecule has 3 aromatic rings. The highest BCUT2D eigenvalue weighted by Crippen LogP contribution is 2.36. The molecule has 5 heterocycles. The third kappa shape index (κ3) is 3.81. The molecular formula is C24H25ClN4O2. The minimum atomic E-state index is -0.474. The Bertz CT molecular complexity index is 1130. The number of fused-ring (bicyclic) bond motifs is 3. The van der Waals surface area contributed by atoms with E-state index in [0.29, 0.717) is 5.02 Å². The minimum Gasteiger partial charge on any atom is -0.444 e. The van der Waals surface area contributed by atoms with Crippen LogP contribution in [0.5, 0.6) is 0 Å². The van der Waals surface area contributed by atoms with Crippen LogP contribution < -0.4 is 4.90 Å². The van der Waals surface area contributed by atoms with Gasteiger partial charge in [0.15, 0.2) is 0 Å². The number of aromatic nitrogens is 2. The summed E-state index contributed by atoms with van der Waals surface area (Å²) in [7, 11) is 0. The van der Waals surface area contributed by atoms with Crippen LogP contribution >= 0.6 is 11.6 Å². The SMILES string of the molecule is CC(C)(C)OC(=O)N1C2CC1CN(c1ccc(-c3cc(Cl)cc4ncccc34)cn1)C2. The van der Waals surface area contributed by atoms with E-state index < -0.39 is 5.60 Å². The normalized spacial score (nSPS) is 20.5. The van der Waals surface area contributed by atoms with Crippen molar-refractivity contribution in [2.24, 2.45) is 0 Å². The van der Waals surface area contributed by atoms with Crippen molar-refractivity contribution in [1.29, 1.82) is 0 Å². The van der Waals surface area contributed by atoms with Crippen LogP contribution in [0.3, 0.4) is 0 Å². The number of hydrogen-bond donors (Lipinski definition) is 0. The fraction of sp³-hybridized carbons (Fsp3) is 0.375. The van der Waals surface area contributed by atoms with Crippen LogP contribution in [0.1, 0.15) is 27.2 Å². The van der Waals surface area contributed by atoms with Gasteiger partial charge in [0.1, 0.15) is 11.4 Å². The third-order valence-corrected chi connectivity index (χ3v) is 6.08. The highest BCUT2D eigenvalue weighted by atomic mass is 35.5. The molecule has 0 aliphatic carbocycles. The Morgan fingerprint density at radius 3 is 2.58 bits per heavy atom. The lowest BCUT2D eigenvalue weighted by Gasteiger charge is -2.56. The maximum Gasteiger partial charge on any atom is 0.410 e. The van der Waals surface area contributed by atoms with E-state index in [0.717, 1.165) is 47.4 Å². The molecule has 6 nitrogen and oxygen atoms in total. The Hall–Kier alpha value is -2.86. The number of pyridine rings is 2. The first kappa shape index (κ1) is 20.1. The fourth-order valence-electron chi connectivity index (χ4n) is 4.53. The largest absolute Gasteiger partial charge is 0.444 e. The van der Waals surface area contributed by atoms with E-state index in [1.165, 1.54) is 0 Å². The summed E-state index contributed by atoms with van der Waals surface area (Å²) in [6.45, 7) is 7.24. The first-order valence-electron chi connectivity index (χ1n) is 10.6. The second-order valence-corrected chi connectivity index (χ2v) is 9.70. The van der Waals surface area contributed by atoms with E-state index in [-0.39, 0.29) is 18.2 Å². The highest BCUT2D eigenvalue weighted by molar-refractivity contribution is 6.31. The molecule has 31 heavy (non-hydrogen) atoms. The van der Waals surface area contributed by atoms with Gasteiger partial charge in [-0.2, -0.15) is 0 Å². The van der Waals surface area contributed by atoms with Gasteiger partial charge in [0.2, 0.25) is 0 Å². The van der Waals surface area contributed by atoms with E-state index in [4.69, 9.17) is 21.3 Å². The van der Waals surface area contributed by atoms with Crippen LogP contribution in [-0.2, 0) is 4.74 Å². The maximum atomic E-state index is 12.5. The van der Waals surface area contributed by atoms with Gasteiger partial charge in [0.25, 0.3) is 0 Å². The van der Waals surface area contributed by atoms with Gasteiger partial charge in [-0.3, -0.25) is 9.88 Å². The Balaban J connectivity index is 1.33. The number of hydrogen-bond acceptors (Lipinski definition) is 5. The first-order chi connectivity index (χ1) is 14.8. The Kier molecular flexibility index (Phi) is 4.77. The molecule has 2 bridgehead atoms. The average molecular weight is 437 g/mol. The van der Waals surface area contributed by atoms with Gasteiger partial charge < -0.3 is 9.64 Å². The van der Waals surface area contributed by atoms with Crippen molar-refractivity contribution in [2.75, 3.05) is 18.0 Å². The van der Waals surface area contributed by atoms with Gasteiger partial charge in [0.05, 0.1) is 17.6 Å². The van der Waals surface area contributed by atoms with Crippen LogP contribution in [0, 0.1) is 0 Å². The number of piperazine rings is 1. The van der Waals surface area contributed by atoms with E-state index in [2.05, 4.69) is 16.0 Å². The summed E-state index contributed by atoms with van der Waals surface area (Å²) in [5.74, 6) is 0.923. The lowest BCUT2D eigenvalue weighted by atomic mass is 9.88. The first-order valence-corrected chi connectivity index (χ1v) is 10.9. The van der Waals surface area contributed by atoms with Gasteiger partial charge in [0, 0.05) is 41.5 Å². The molecule has 0 radical (unpaired) electrons. The second-order valence-electron chi connectivity index (χ2n) is 9.26. The predicted molar refractivity (Wildman–Crippen MR) is 122 cm³/mol. The molecule has 0 N–H and O–H groups in total. The standard InChI is InChI=1S/C24H25ClN4O2/c1-24(2,3)31-23(30)29-17-11-18(29)14-28(13-17)22-7-6-15(12-27-22)20-9-16(25)10-21-19(20)5-4-8-26-21/h4-10,12,17-18H,11,13-14H2,1-3H3. The molecule has 2 unspecified atom stereocenters.